The minimum absolute atomic E-state index is 0.261. The second-order valence-electron chi connectivity index (χ2n) is 5.02. The number of hydrogen-bond acceptors (Lipinski definition) is 3. The van der Waals surface area contributed by atoms with Crippen molar-refractivity contribution in [2.24, 2.45) is 5.73 Å². The largest absolute Gasteiger partial charge is 0.336 e. The maximum atomic E-state index is 12.1. The smallest absolute Gasteiger partial charge is 0.224 e. The second kappa shape index (κ2) is 6.21. The van der Waals surface area contributed by atoms with Crippen molar-refractivity contribution in [3.05, 3.63) is 0 Å². The molecule has 0 aliphatic carbocycles. The lowest BCUT2D eigenvalue weighted by molar-refractivity contribution is -0.137. The minimum Gasteiger partial charge on any atom is -0.336 e. The Kier molecular flexibility index (Phi) is 5.22. The zero-order chi connectivity index (χ0) is 12.1. The molecule has 1 saturated heterocycles. The number of likely N-dealkylation sites (tertiary alicyclic amines) is 1. The van der Waals surface area contributed by atoms with Gasteiger partial charge in [-0.3, -0.25) is 4.79 Å². The topological polar surface area (TPSA) is 49.6 Å². The Balaban J connectivity index is 2.55. The molecule has 1 rings (SSSR count). The molecule has 0 spiro atoms. The van der Waals surface area contributed by atoms with E-state index in [0.717, 1.165) is 19.4 Å². The Morgan fingerprint density at radius 1 is 1.44 bits per heavy atom. The lowest BCUT2D eigenvalue weighted by Gasteiger charge is -2.40. The predicted molar refractivity (Wildman–Crippen MR) is 66.2 cm³/mol. The number of nitrogens with two attached hydrogens (primary N) is 1. The van der Waals surface area contributed by atoms with E-state index < -0.39 is 0 Å². The molecule has 2 N–H and O–H groups in total. The summed E-state index contributed by atoms with van der Waals surface area (Å²) in [6.07, 6.45) is 3.98. The second-order valence-corrected chi connectivity index (χ2v) is 5.02. The average Bonchev–Trinajstić information content (AvgIpc) is 2.25. The number of rotatable bonds is 4. The van der Waals surface area contributed by atoms with Crippen molar-refractivity contribution in [1.29, 1.82) is 0 Å². The van der Waals surface area contributed by atoms with E-state index in [1.807, 2.05) is 23.9 Å². The molecular weight excluding hydrogens is 202 g/mol. The predicted octanol–water partition coefficient (Wildman–Crippen LogP) is 0.666. The highest BCUT2D eigenvalue weighted by Crippen LogP contribution is 2.22. The van der Waals surface area contributed by atoms with E-state index in [0.29, 0.717) is 19.0 Å². The third-order valence-corrected chi connectivity index (χ3v) is 3.36. The molecule has 0 radical (unpaired) electrons. The Labute approximate surface area is 98.8 Å². The van der Waals surface area contributed by atoms with E-state index in [9.17, 15) is 4.79 Å². The summed E-state index contributed by atoms with van der Waals surface area (Å²) in [6.45, 7) is 3.55. The molecular formula is C12H25N3O. The maximum Gasteiger partial charge on any atom is 0.224 e. The van der Waals surface area contributed by atoms with Gasteiger partial charge in [-0.1, -0.05) is 0 Å². The number of piperidine rings is 1. The van der Waals surface area contributed by atoms with Crippen LogP contribution in [0.25, 0.3) is 0 Å². The van der Waals surface area contributed by atoms with E-state index in [2.05, 4.69) is 6.92 Å². The summed E-state index contributed by atoms with van der Waals surface area (Å²) in [5.41, 5.74) is 5.75. The maximum absolute atomic E-state index is 12.1. The van der Waals surface area contributed by atoms with Gasteiger partial charge in [0.2, 0.25) is 5.91 Å². The van der Waals surface area contributed by atoms with Crippen LogP contribution in [-0.2, 0) is 4.79 Å². The molecule has 0 aromatic rings. The standard InChI is InChI=1S/C12H25N3O/c1-10-5-4-6-11(9-13)15(10)12(16)7-8-14(2)3/h10-11H,4-9,13H2,1-3H3. The van der Waals surface area contributed by atoms with Crippen LogP contribution in [-0.4, -0.2) is 55.0 Å². The molecule has 0 saturated carbocycles. The molecule has 4 heteroatoms. The summed E-state index contributed by atoms with van der Waals surface area (Å²) in [5, 5.41) is 0. The highest BCUT2D eigenvalue weighted by Gasteiger charge is 2.30. The average molecular weight is 227 g/mol. The quantitative estimate of drug-likeness (QED) is 0.768. The number of amides is 1. The van der Waals surface area contributed by atoms with Crippen molar-refractivity contribution in [1.82, 2.24) is 9.80 Å². The van der Waals surface area contributed by atoms with Crippen LogP contribution in [0.1, 0.15) is 32.6 Å². The van der Waals surface area contributed by atoms with E-state index >= 15 is 0 Å². The Hall–Kier alpha value is -0.610. The summed E-state index contributed by atoms with van der Waals surface area (Å²) >= 11 is 0. The Morgan fingerprint density at radius 3 is 2.69 bits per heavy atom. The first-order valence-electron chi connectivity index (χ1n) is 6.22. The van der Waals surface area contributed by atoms with Gasteiger partial charge in [0.05, 0.1) is 0 Å². The van der Waals surface area contributed by atoms with Gasteiger partial charge in [-0.25, -0.2) is 0 Å². The molecule has 1 aliphatic rings. The zero-order valence-corrected chi connectivity index (χ0v) is 10.8. The molecule has 2 atom stereocenters. The molecule has 0 aromatic heterocycles. The fourth-order valence-electron chi connectivity index (χ4n) is 2.42. The lowest BCUT2D eigenvalue weighted by atomic mass is 9.96. The molecule has 0 bridgehead atoms. The number of carbonyl (C=O) groups is 1. The Morgan fingerprint density at radius 2 is 2.12 bits per heavy atom. The van der Waals surface area contributed by atoms with Crippen molar-refractivity contribution >= 4 is 5.91 Å². The summed E-state index contributed by atoms with van der Waals surface area (Å²) in [7, 11) is 3.99. The summed E-state index contributed by atoms with van der Waals surface area (Å²) in [6, 6.07) is 0.621. The molecule has 16 heavy (non-hydrogen) atoms. The van der Waals surface area contributed by atoms with Crippen LogP contribution in [0.5, 0.6) is 0 Å². The van der Waals surface area contributed by atoms with Gasteiger partial charge in [0.15, 0.2) is 0 Å². The summed E-state index contributed by atoms with van der Waals surface area (Å²) < 4.78 is 0. The first-order valence-corrected chi connectivity index (χ1v) is 6.22. The first-order chi connectivity index (χ1) is 7.56. The van der Waals surface area contributed by atoms with Gasteiger partial charge >= 0.3 is 0 Å². The minimum atomic E-state index is 0.261. The SMILES string of the molecule is CC1CCCC(CN)N1C(=O)CCN(C)C. The van der Waals surface area contributed by atoms with Gasteiger partial charge in [-0.2, -0.15) is 0 Å². The number of hydrogen-bond donors (Lipinski definition) is 1. The van der Waals surface area contributed by atoms with Crippen molar-refractivity contribution in [3.8, 4) is 0 Å². The van der Waals surface area contributed by atoms with Crippen LogP contribution in [0.15, 0.2) is 0 Å². The molecule has 1 fully saturated rings. The number of nitrogens with zero attached hydrogens (tertiary/aromatic N) is 2. The van der Waals surface area contributed by atoms with Gasteiger partial charge in [0, 0.05) is 31.6 Å². The van der Waals surface area contributed by atoms with E-state index in [1.165, 1.54) is 6.42 Å². The van der Waals surface area contributed by atoms with Crippen molar-refractivity contribution < 1.29 is 4.79 Å². The fraction of sp³-hybridized carbons (Fsp3) is 0.917. The van der Waals surface area contributed by atoms with Crippen molar-refractivity contribution in [2.45, 2.75) is 44.7 Å². The number of carbonyl (C=O) groups excluding carboxylic acids is 1. The van der Waals surface area contributed by atoms with Gasteiger partial charge in [0.1, 0.15) is 0 Å². The van der Waals surface area contributed by atoms with E-state index in [4.69, 9.17) is 5.73 Å². The molecule has 1 heterocycles. The lowest BCUT2D eigenvalue weighted by Crippen LogP contribution is -2.52. The van der Waals surface area contributed by atoms with Crippen molar-refractivity contribution in [3.63, 3.8) is 0 Å². The summed E-state index contributed by atoms with van der Waals surface area (Å²) in [4.78, 5) is 16.2. The van der Waals surface area contributed by atoms with Crippen LogP contribution in [0.3, 0.4) is 0 Å². The van der Waals surface area contributed by atoms with Crippen LogP contribution in [0.4, 0.5) is 0 Å². The normalized spacial score (nSPS) is 26.2. The van der Waals surface area contributed by atoms with Gasteiger partial charge < -0.3 is 15.5 Å². The van der Waals surface area contributed by atoms with Crippen LogP contribution in [0.2, 0.25) is 0 Å². The molecule has 1 aliphatic heterocycles. The highest BCUT2D eigenvalue weighted by atomic mass is 16.2. The third-order valence-electron chi connectivity index (χ3n) is 3.36. The van der Waals surface area contributed by atoms with Gasteiger partial charge in [-0.05, 0) is 40.3 Å². The molecule has 0 aromatic carbocycles. The summed E-state index contributed by atoms with van der Waals surface area (Å²) in [5.74, 6) is 0.261. The van der Waals surface area contributed by atoms with Crippen LogP contribution >= 0.6 is 0 Å². The molecule has 1 amide bonds. The molecule has 2 unspecified atom stereocenters. The monoisotopic (exact) mass is 227 g/mol. The van der Waals surface area contributed by atoms with Gasteiger partial charge in [0.25, 0.3) is 0 Å². The van der Waals surface area contributed by atoms with Gasteiger partial charge in [-0.15, -0.1) is 0 Å². The zero-order valence-electron chi connectivity index (χ0n) is 10.8. The van der Waals surface area contributed by atoms with Crippen LogP contribution in [0, 0.1) is 0 Å². The van der Waals surface area contributed by atoms with Crippen LogP contribution < -0.4 is 5.73 Å². The molecule has 94 valence electrons. The third kappa shape index (κ3) is 3.46. The van der Waals surface area contributed by atoms with E-state index in [1.54, 1.807) is 0 Å². The van der Waals surface area contributed by atoms with Crippen molar-refractivity contribution in [2.75, 3.05) is 27.2 Å². The first kappa shape index (κ1) is 13.5. The fourth-order valence-corrected chi connectivity index (χ4v) is 2.42. The Bertz CT molecular complexity index is 230. The van der Waals surface area contributed by atoms with E-state index in [-0.39, 0.29) is 11.9 Å². The molecule has 4 nitrogen and oxygen atoms in total. The highest BCUT2D eigenvalue weighted by molar-refractivity contribution is 5.77.